The van der Waals surface area contributed by atoms with Crippen molar-refractivity contribution in [1.82, 2.24) is 10.2 Å². The Kier molecular flexibility index (Phi) is 2.97. The monoisotopic (exact) mass is 259 g/mol. The summed E-state index contributed by atoms with van der Waals surface area (Å²) < 4.78 is 0. The lowest BCUT2D eigenvalue weighted by Crippen LogP contribution is -2.33. The summed E-state index contributed by atoms with van der Waals surface area (Å²) in [6, 6.07) is 5.56. The summed E-state index contributed by atoms with van der Waals surface area (Å²) in [6.07, 6.45) is 2.32. The van der Waals surface area contributed by atoms with Crippen LogP contribution in [0.15, 0.2) is 18.2 Å². The van der Waals surface area contributed by atoms with E-state index >= 15 is 0 Å². The van der Waals surface area contributed by atoms with Crippen molar-refractivity contribution >= 4 is 11.6 Å². The molecule has 2 fully saturated rings. The first-order chi connectivity index (χ1) is 9.10. The highest BCUT2D eigenvalue weighted by molar-refractivity contribution is 5.95. The van der Waals surface area contributed by atoms with Crippen molar-refractivity contribution in [3.63, 3.8) is 0 Å². The number of amides is 1. The van der Waals surface area contributed by atoms with Gasteiger partial charge in [0.25, 0.3) is 5.91 Å². The van der Waals surface area contributed by atoms with Crippen LogP contribution in [0.5, 0.6) is 0 Å². The summed E-state index contributed by atoms with van der Waals surface area (Å²) in [4.78, 5) is 14.5. The zero-order valence-electron chi connectivity index (χ0n) is 11.4. The molecule has 1 spiro atoms. The second-order valence-electron chi connectivity index (χ2n) is 5.97. The summed E-state index contributed by atoms with van der Waals surface area (Å²) in [5.41, 5.74) is 8.61. The molecule has 102 valence electrons. The van der Waals surface area contributed by atoms with Gasteiger partial charge in [0.1, 0.15) is 0 Å². The normalized spacial score (nSPS) is 26.3. The van der Waals surface area contributed by atoms with Gasteiger partial charge in [0.2, 0.25) is 0 Å². The molecular weight excluding hydrogens is 238 g/mol. The van der Waals surface area contributed by atoms with Crippen LogP contribution in [0.3, 0.4) is 0 Å². The van der Waals surface area contributed by atoms with Gasteiger partial charge in [0, 0.05) is 36.3 Å². The molecule has 2 heterocycles. The standard InChI is InChI=1S/C15H21N3O/c1-11-8-12(2-3-13(11)16)14(19)18-7-5-15(10-18)4-6-17-9-15/h2-3,8,17H,4-7,9-10,16H2,1H3. The molecule has 19 heavy (non-hydrogen) atoms. The van der Waals surface area contributed by atoms with E-state index in [2.05, 4.69) is 5.32 Å². The minimum absolute atomic E-state index is 0.145. The maximum absolute atomic E-state index is 12.5. The predicted octanol–water partition coefficient (Wildman–Crippen LogP) is 1.40. The third kappa shape index (κ3) is 2.21. The lowest BCUT2D eigenvalue weighted by Gasteiger charge is -2.23. The molecule has 0 saturated carbocycles. The van der Waals surface area contributed by atoms with E-state index in [4.69, 9.17) is 5.73 Å². The molecule has 2 aliphatic rings. The van der Waals surface area contributed by atoms with Gasteiger partial charge in [-0.25, -0.2) is 0 Å². The highest BCUT2D eigenvalue weighted by Gasteiger charge is 2.41. The number of hydrogen-bond donors (Lipinski definition) is 2. The molecule has 1 unspecified atom stereocenters. The second-order valence-corrected chi connectivity index (χ2v) is 5.97. The topological polar surface area (TPSA) is 58.4 Å². The Morgan fingerprint density at radius 2 is 2.26 bits per heavy atom. The second kappa shape index (κ2) is 4.53. The summed E-state index contributed by atoms with van der Waals surface area (Å²) in [7, 11) is 0. The molecule has 1 aromatic rings. The van der Waals surface area contributed by atoms with Crippen LogP contribution >= 0.6 is 0 Å². The van der Waals surface area contributed by atoms with Crippen molar-refractivity contribution in [3.05, 3.63) is 29.3 Å². The number of nitrogen functional groups attached to an aromatic ring is 1. The largest absolute Gasteiger partial charge is 0.399 e. The van der Waals surface area contributed by atoms with E-state index in [0.29, 0.717) is 5.41 Å². The van der Waals surface area contributed by atoms with Crippen molar-refractivity contribution in [2.75, 3.05) is 31.9 Å². The highest BCUT2D eigenvalue weighted by Crippen LogP contribution is 2.36. The number of nitrogens with zero attached hydrogens (tertiary/aromatic N) is 1. The van der Waals surface area contributed by atoms with Gasteiger partial charge in [-0.3, -0.25) is 4.79 Å². The van der Waals surface area contributed by atoms with Gasteiger partial charge in [-0.1, -0.05) is 0 Å². The number of carbonyl (C=O) groups excluding carboxylic acids is 1. The zero-order chi connectivity index (χ0) is 13.5. The van der Waals surface area contributed by atoms with Crippen molar-refractivity contribution in [2.45, 2.75) is 19.8 Å². The molecule has 4 heteroatoms. The lowest BCUT2D eigenvalue weighted by atomic mass is 9.86. The molecule has 0 bridgehead atoms. The molecule has 2 aliphatic heterocycles. The third-order valence-corrected chi connectivity index (χ3v) is 4.57. The Morgan fingerprint density at radius 1 is 1.42 bits per heavy atom. The first kappa shape index (κ1) is 12.5. The van der Waals surface area contributed by atoms with E-state index in [1.54, 1.807) is 0 Å². The summed E-state index contributed by atoms with van der Waals surface area (Å²) in [5, 5.41) is 3.42. The quantitative estimate of drug-likeness (QED) is 0.750. The molecule has 3 rings (SSSR count). The third-order valence-electron chi connectivity index (χ3n) is 4.57. The Hall–Kier alpha value is -1.55. The molecule has 0 aromatic heterocycles. The minimum atomic E-state index is 0.145. The minimum Gasteiger partial charge on any atom is -0.399 e. The maximum atomic E-state index is 12.5. The SMILES string of the molecule is Cc1cc(C(=O)N2CCC3(CCNC3)C2)ccc1N. The number of anilines is 1. The number of hydrogen-bond acceptors (Lipinski definition) is 3. The molecule has 1 atom stereocenters. The number of carbonyl (C=O) groups is 1. The number of aryl methyl sites for hydroxylation is 1. The van der Waals surface area contributed by atoms with Crippen LogP contribution < -0.4 is 11.1 Å². The van der Waals surface area contributed by atoms with Crippen LogP contribution in [0.1, 0.15) is 28.8 Å². The van der Waals surface area contributed by atoms with Crippen LogP contribution in [0.2, 0.25) is 0 Å². The highest BCUT2D eigenvalue weighted by atomic mass is 16.2. The molecule has 4 nitrogen and oxygen atoms in total. The first-order valence-corrected chi connectivity index (χ1v) is 6.96. The van der Waals surface area contributed by atoms with Crippen molar-refractivity contribution < 1.29 is 4.79 Å². The van der Waals surface area contributed by atoms with E-state index in [9.17, 15) is 4.79 Å². The van der Waals surface area contributed by atoms with E-state index in [0.717, 1.165) is 49.4 Å². The first-order valence-electron chi connectivity index (χ1n) is 6.96. The van der Waals surface area contributed by atoms with Crippen molar-refractivity contribution in [2.24, 2.45) is 5.41 Å². The smallest absolute Gasteiger partial charge is 0.253 e. The van der Waals surface area contributed by atoms with Gasteiger partial charge < -0.3 is 16.0 Å². The van der Waals surface area contributed by atoms with E-state index in [1.165, 1.54) is 6.42 Å². The number of nitrogens with two attached hydrogens (primary N) is 1. The molecule has 1 amide bonds. The van der Waals surface area contributed by atoms with Crippen LogP contribution in [-0.2, 0) is 0 Å². The van der Waals surface area contributed by atoms with Gasteiger partial charge >= 0.3 is 0 Å². The Balaban J connectivity index is 1.76. The number of benzene rings is 1. The fourth-order valence-electron chi connectivity index (χ4n) is 3.24. The van der Waals surface area contributed by atoms with Crippen LogP contribution in [0, 0.1) is 12.3 Å². The molecule has 1 aromatic carbocycles. The summed E-state index contributed by atoms with van der Waals surface area (Å²) >= 11 is 0. The van der Waals surface area contributed by atoms with Gasteiger partial charge in [-0.05, 0) is 50.1 Å². The Bertz CT molecular complexity index is 506. The summed E-state index contributed by atoms with van der Waals surface area (Å²) in [5.74, 6) is 0.145. The van der Waals surface area contributed by atoms with E-state index in [-0.39, 0.29) is 5.91 Å². The molecule has 3 N–H and O–H groups in total. The van der Waals surface area contributed by atoms with Gasteiger partial charge in [-0.15, -0.1) is 0 Å². The van der Waals surface area contributed by atoms with Gasteiger partial charge in [0.15, 0.2) is 0 Å². The summed E-state index contributed by atoms with van der Waals surface area (Å²) in [6.45, 7) is 5.85. The molecule has 0 radical (unpaired) electrons. The molecular formula is C15H21N3O. The molecule has 0 aliphatic carbocycles. The molecule has 2 saturated heterocycles. The number of likely N-dealkylation sites (tertiary alicyclic amines) is 1. The van der Waals surface area contributed by atoms with Crippen LogP contribution in [0.25, 0.3) is 0 Å². The van der Waals surface area contributed by atoms with Gasteiger partial charge in [-0.2, -0.15) is 0 Å². The zero-order valence-corrected chi connectivity index (χ0v) is 11.4. The average Bonchev–Trinajstić information content (AvgIpc) is 3.03. The average molecular weight is 259 g/mol. The van der Waals surface area contributed by atoms with Crippen molar-refractivity contribution in [3.8, 4) is 0 Å². The number of rotatable bonds is 1. The fraction of sp³-hybridized carbons (Fsp3) is 0.533. The van der Waals surface area contributed by atoms with Crippen molar-refractivity contribution in [1.29, 1.82) is 0 Å². The predicted molar refractivity (Wildman–Crippen MR) is 76.0 cm³/mol. The lowest BCUT2D eigenvalue weighted by molar-refractivity contribution is 0.0775. The Labute approximate surface area is 114 Å². The number of nitrogens with one attached hydrogen (secondary N) is 1. The Morgan fingerprint density at radius 3 is 2.95 bits per heavy atom. The maximum Gasteiger partial charge on any atom is 0.253 e. The van der Waals surface area contributed by atoms with Gasteiger partial charge in [0.05, 0.1) is 0 Å². The van der Waals surface area contributed by atoms with Crippen LogP contribution in [0.4, 0.5) is 5.69 Å². The van der Waals surface area contributed by atoms with E-state index in [1.807, 2.05) is 30.0 Å². The fourth-order valence-corrected chi connectivity index (χ4v) is 3.24. The van der Waals surface area contributed by atoms with Crippen LogP contribution in [-0.4, -0.2) is 37.0 Å². The van der Waals surface area contributed by atoms with E-state index < -0.39 is 0 Å².